The first kappa shape index (κ1) is 35.5. The van der Waals surface area contributed by atoms with Gasteiger partial charge >= 0.3 is 6.01 Å². The first-order valence-corrected chi connectivity index (χ1v) is 18.8. The molecule has 6 heterocycles. The van der Waals surface area contributed by atoms with Crippen LogP contribution in [0.4, 0.5) is 11.5 Å². The summed E-state index contributed by atoms with van der Waals surface area (Å²) in [6.45, 7) is 11.3. The molecule has 0 atom stereocenters. The molecule has 0 aliphatic carbocycles. The number of hydrogen-bond donors (Lipinski definition) is 0. The Kier molecular flexibility index (Phi) is 10.9. The standard InChI is InChI=1S/C37H46ClN7O3.C2H3N/c1-47-28-23-41(24-28)15-4-11-33(46)42-19-21-43(22-20-42)35-29-12-18-44(32-10-3-8-27-7-2-9-30(38)34(27)32)25-31(29)39-36(40-35)48-26-37-13-5-16-45(37)17-6-14-37;1-2-3/h2-4,7-11,28H,5-6,12-26H2,1H3;1H3/b11-4+;. The number of piperazine rings is 1. The minimum atomic E-state index is 0.0773. The molecule has 51 heavy (non-hydrogen) atoms. The molecule has 0 unspecified atom stereocenters. The SMILES string of the molecule is CC#N.COC1CN(C/C=C/C(=O)N2CCN(c3nc(OCC45CCCN4CCC5)nc4c3CCN(c3cccc5cccc(Cl)c35)C4)CC2)C1. The second-order valence-electron chi connectivity index (χ2n) is 14.3. The highest BCUT2D eigenvalue weighted by Crippen LogP contribution is 2.40. The first-order chi connectivity index (χ1) is 24.9. The molecule has 0 spiro atoms. The number of hydrogen-bond acceptors (Lipinski definition) is 10. The molecule has 4 saturated heterocycles. The third kappa shape index (κ3) is 7.51. The number of halogens is 1. The van der Waals surface area contributed by atoms with Crippen LogP contribution in [0.5, 0.6) is 6.01 Å². The zero-order valence-corrected chi connectivity index (χ0v) is 30.7. The summed E-state index contributed by atoms with van der Waals surface area (Å²) in [5.41, 5.74) is 3.45. The predicted molar refractivity (Wildman–Crippen MR) is 200 cm³/mol. The van der Waals surface area contributed by atoms with Crippen molar-refractivity contribution >= 4 is 39.8 Å². The van der Waals surface area contributed by atoms with E-state index < -0.39 is 0 Å². The number of rotatable bonds is 9. The van der Waals surface area contributed by atoms with Gasteiger partial charge in [0.05, 0.1) is 35.0 Å². The Morgan fingerprint density at radius 1 is 1.02 bits per heavy atom. The number of carbonyl (C=O) groups excluding carboxylic acids is 1. The maximum atomic E-state index is 13.0. The van der Waals surface area contributed by atoms with E-state index in [0.717, 1.165) is 91.8 Å². The molecule has 12 heteroatoms. The molecule has 2 aromatic carbocycles. The van der Waals surface area contributed by atoms with Crippen molar-refractivity contribution in [3.05, 3.63) is 64.8 Å². The lowest BCUT2D eigenvalue weighted by Gasteiger charge is -2.38. The van der Waals surface area contributed by atoms with Gasteiger partial charge < -0.3 is 24.2 Å². The number of likely N-dealkylation sites (tertiary alicyclic amines) is 1. The second kappa shape index (κ2) is 15.7. The van der Waals surface area contributed by atoms with E-state index in [0.29, 0.717) is 38.4 Å². The number of carbonyl (C=O) groups is 1. The minimum absolute atomic E-state index is 0.0773. The Morgan fingerprint density at radius 2 is 1.75 bits per heavy atom. The summed E-state index contributed by atoms with van der Waals surface area (Å²) in [5.74, 6) is 1.04. The quantitative estimate of drug-likeness (QED) is 0.285. The number of methoxy groups -OCH3 is 1. The van der Waals surface area contributed by atoms with E-state index in [1.165, 1.54) is 38.2 Å². The third-order valence-electron chi connectivity index (χ3n) is 11.2. The van der Waals surface area contributed by atoms with Crippen LogP contribution in [0.2, 0.25) is 5.02 Å². The molecule has 0 saturated carbocycles. The van der Waals surface area contributed by atoms with Gasteiger partial charge in [0.25, 0.3) is 0 Å². The normalized spacial score (nSPS) is 20.5. The molecular weight excluding hydrogens is 664 g/mol. The molecule has 0 radical (unpaired) electrons. The van der Waals surface area contributed by atoms with Crippen LogP contribution in [0.25, 0.3) is 10.8 Å². The van der Waals surface area contributed by atoms with E-state index in [4.69, 9.17) is 36.3 Å². The van der Waals surface area contributed by atoms with Gasteiger partial charge in [0, 0.05) is 89.1 Å². The lowest BCUT2D eigenvalue weighted by molar-refractivity contribution is -0.126. The van der Waals surface area contributed by atoms with Crippen LogP contribution >= 0.6 is 11.6 Å². The average Bonchev–Trinajstić information content (AvgIpc) is 3.72. The maximum Gasteiger partial charge on any atom is 0.318 e. The summed E-state index contributed by atoms with van der Waals surface area (Å²) in [6, 6.07) is 14.7. The topological polar surface area (TPSA) is 101 Å². The minimum Gasteiger partial charge on any atom is -0.461 e. The molecule has 1 aromatic heterocycles. The van der Waals surface area contributed by atoms with Crippen molar-refractivity contribution in [2.24, 2.45) is 0 Å². The molecule has 0 N–H and O–H groups in total. The Hall–Kier alpha value is -3.95. The molecule has 5 aliphatic heterocycles. The maximum absolute atomic E-state index is 13.0. The van der Waals surface area contributed by atoms with Crippen molar-refractivity contribution in [1.82, 2.24) is 24.7 Å². The van der Waals surface area contributed by atoms with Gasteiger partial charge in [-0.25, -0.2) is 0 Å². The molecule has 11 nitrogen and oxygen atoms in total. The highest BCUT2D eigenvalue weighted by atomic mass is 35.5. The Bertz CT molecular complexity index is 1770. The van der Waals surface area contributed by atoms with Crippen molar-refractivity contribution < 1.29 is 14.3 Å². The fourth-order valence-corrected chi connectivity index (χ4v) is 8.77. The average molecular weight is 713 g/mol. The van der Waals surface area contributed by atoms with Gasteiger partial charge in [0.1, 0.15) is 12.4 Å². The van der Waals surface area contributed by atoms with Crippen LogP contribution < -0.4 is 14.5 Å². The zero-order chi connectivity index (χ0) is 35.4. The molecule has 3 aromatic rings. The molecular formula is C39H49ClN8O3. The van der Waals surface area contributed by atoms with E-state index in [1.54, 1.807) is 19.3 Å². The highest BCUT2D eigenvalue weighted by molar-refractivity contribution is 6.36. The molecule has 1 amide bonds. The van der Waals surface area contributed by atoms with Crippen molar-refractivity contribution in [2.75, 3.05) is 89.0 Å². The van der Waals surface area contributed by atoms with Crippen LogP contribution in [0, 0.1) is 11.3 Å². The molecule has 4 fully saturated rings. The second-order valence-corrected chi connectivity index (χ2v) is 14.7. The van der Waals surface area contributed by atoms with Gasteiger partial charge in [-0.05, 0) is 62.7 Å². The van der Waals surface area contributed by atoms with Gasteiger partial charge in [-0.3, -0.25) is 14.6 Å². The van der Waals surface area contributed by atoms with Crippen LogP contribution in [-0.2, 0) is 22.5 Å². The number of benzene rings is 2. The van der Waals surface area contributed by atoms with E-state index in [1.807, 2.05) is 23.1 Å². The molecule has 270 valence electrons. The summed E-state index contributed by atoms with van der Waals surface area (Å²) in [5, 5.41) is 10.3. The summed E-state index contributed by atoms with van der Waals surface area (Å²) in [6.07, 6.45) is 9.67. The predicted octanol–water partition coefficient (Wildman–Crippen LogP) is 4.92. The number of amides is 1. The lowest BCUT2D eigenvalue weighted by atomic mass is 9.95. The van der Waals surface area contributed by atoms with Crippen molar-refractivity contribution in [2.45, 2.75) is 57.2 Å². The summed E-state index contributed by atoms with van der Waals surface area (Å²) in [4.78, 5) is 34.8. The Balaban J connectivity index is 0.00000131. The van der Waals surface area contributed by atoms with Crippen molar-refractivity contribution in [3.8, 4) is 12.1 Å². The first-order valence-electron chi connectivity index (χ1n) is 18.4. The van der Waals surface area contributed by atoms with Crippen LogP contribution in [0.1, 0.15) is 43.9 Å². The monoisotopic (exact) mass is 712 g/mol. The van der Waals surface area contributed by atoms with Gasteiger partial charge in [-0.1, -0.05) is 41.9 Å². The Morgan fingerprint density at radius 3 is 2.47 bits per heavy atom. The van der Waals surface area contributed by atoms with Crippen molar-refractivity contribution in [3.63, 3.8) is 0 Å². The summed E-state index contributed by atoms with van der Waals surface area (Å²) in [7, 11) is 1.75. The fourth-order valence-electron chi connectivity index (χ4n) is 8.49. The molecule has 8 rings (SSSR count). The number of fused-ring (bicyclic) bond motifs is 3. The van der Waals surface area contributed by atoms with Crippen molar-refractivity contribution in [1.29, 1.82) is 5.26 Å². The van der Waals surface area contributed by atoms with Crippen LogP contribution in [0.3, 0.4) is 0 Å². The zero-order valence-electron chi connectivity index (χ0n) is 29.9. The van der Waals surface area contributed by atoms with E-state index in [-0.39, 0.29) is 11.4 Å². The van der Waals surface area contributed by atoms with Gasteiger partial charge in [-0.15, -0.1) is 0 Å². The van der Waals surface area contributed by atoms with Crippen LogP contribution in [0.15, 0.2) is 48.6 Å². The smallest absolute Gasteiger partial charge is 0.318 e. The third-order valence-corrected chi connectivity index (χ3v) is 11.6. The molecule has 5 aliphatic rings. The largest absolute Gasteiger partial charge is 0.461 e. The van der Waals surface area contributed by atoms with E-state index in [9.17, 15) is 4.79 Å². The van der Waals surface area contributed by atoms with Gasteiger partial charge in [0.15, 0.2) is 0 Å². The van der Waals surface area contributed by atoms with Gasteiger partial charge in [-0.2, -0.15) is 15.2 Å². The summed E-state index contributed by atoms with van der Waals surface area (Å²) < 4.78 is 11.9. The van der Waals surface area contributed by atoms with E-state index >= 15 is 0 Å². The Labute approximate surface area is 306 Å². The number of aromatic nitrogens is 2. The fraction of sp³-hybridized carbons (Fsp3) is 0.538. The highest BCUT2D eigenvalue weighted by Gasteiger charge is 2.45. The molecule has 0 bridgehead atoms. The number of anilines is 2. The number of nitriles is 1. The van der Waals surface area contributed by atoms with E-state index in [2.05, 4.69) is 43.9 Å². The number of nitrogens with zero attached hydrogens (tertiary/aromatic N) is 8. The van der Waals surface area contributed by atoms with Crippen LogP contribution in [-0.4, -0.2) is 121 Å². The lowest BCUT2D eigenvalue weighted by Crippen LogP contribution is -2.51. The number of ether oxygens (including phenoxy) is 2. The summed E-state index contributed by atoms with van der Waals surface area (Å²) >= 11 is 6.75. The van der Waals surface area contributed by atoms with Gasteiger partial charge in [0.2, 0.25) is 5.91 Å².